The number of benzene rings is 1. The van der Waals surface area contributed by atoms with Crippen LogP contribution in [0.4, 0.5) is 5.95 Å². The Hall–Kier alpha value is -2.41. The summed E-state index contributed by atoms with van der Waals surface area (Å²) in [6.45, 7) is 2.31. The molecule has 3 aromatic rings. The fourth-order valence-corrected chi connectivity index (χ4v) is 2.26. The first-order chi connectivity index (χ1) is 10.6. The second-order valence-corrected chi connectivity index (χ2v) is 5.65. The van der Waals surface area contributed by atoms with Gasteiger partial charge in [0.1, 0.15) is 12.1 Å². The zero-order valence-corrected chi connectivity index (χ0v) is 13.4. The summed E-state index contributed by atoms with van der Waals surface area (Å²) in [4.78, 5) is 16.1. The van der Waals surface area contributed by atoms with E-state index in [-0.39, 0.29) is 11.9 Å². The minimum atomic E-state index is -0.285. The van der Waals surface area contributed by atoms with Crippen LogP contribution in [0.15, 0.2) is 51.8 Å². The summed E-state index contributed by atoms with van der Waals surface area (Å²) in [7, 11) is 0. The predicted octanol–water partition coefficient (Wildman–Crippen LogP) is 3.24. The SMILES string of the molecule is Cc1occc1C(=O)Nc1ncn(Cc2ccc(Br)cc2)n1. The number of nitrogens with one attached hydrogen (secondary N) is 1. The average Bonchev–Trinajstić information content (AvgIpc) is 3.10. The summed E-state index contributed by atoms with van der Waals surface area (Å²) in [5.41, 5.74) is 1.57. The number of halogens is 1. The molecule has 0 aliphatic carbocycles. The number of aromatic nitrogens is 3. The minimum Gasteiger partial charge on any atom is -0.469 e. The summed E-state index contributed by atoms with van der Waals surface area (Å²) in [5, 5.41) is 6.89. The second kappa shape index (κ2) is 6.15. The molecule has 0 saturated heterocycles. The van der Waals surface area contributed by atoms with Crippen LogP contribution in [-0.4, -0.2) is 20.7 Å². The summed E-state index contributed by atoms with van der Waals surface area (Å²) >= 11 is 3.40. The van der Waals surface area contributed by atoms with Crippen molar-refractivity contribution >= 4 is 27.8 Å². The Kier molecular flexibility index (Phi) is 4.06. The maximum atomic E-state index is 12.0. The van der Waals surface area contributed by atoms with Crippen LogP contribution in [-0.2, 0) is 6.54 Å². The molecule has 22 heavy (non-hydrogen) atoms. The second-order valence-electron chi connectivity index (χ2n) is 4.74. The number of rotatable bonds is 4. The van der Waals surface area contributed by atoms with Crippen molar-refractivity contribution in [3.8, 4) is 0 Å². The third-order valence-corrected chi connectivity index (χ3v) is 3.65. The Bertz CT molecular complexity index is 792. The Morgan fingerprint density at radius 2 is 2.09 bits per heavy atom. The van der Waals surface area contributed by atoms with Crippen LogP contribution in [0, 0.1) is 6.92 Å². The van der Waals surface area contributed by atoms with Crippen molar-refractivity contribution in [3.63, 3.8) is 0 Å². The first-order valence-electron chi connectivity index (χ1n) is 6.61. The average molecular weight is 361 g/mol. The monoisotopic (exact) mass is 360 g/mol. The van der Waals surface area contributed by atoms with Crippen LogP contribution in [0.3, 0.4) is 0 Å². The molecule has 0 fully saturated rings. The van der Waals surface area contributed by atoms with E-state index in [0.29, 0.717) is 17.9 Å². The molecule has 0 aliphatic heterocycles. The summed E-state index contributed by atoms with van der Waals surface area (Å²) in [6.07, 6.45) is 3.06. The highest BCUT2D eigenvalue weighted by molar-refractivity contribution is 9.10. The molecule has 0 unspecified atom stereocenters. The number of amides is 1. The molecule has 1 aromatic carbocycles. The highest BCUT2D eigenvalue weighted by Gasteiger charge is 2.13. The van der Waals surface area contributed by atoms with Gasteiger partial charge in [-0.15, -0.1) is 5.10 Å². The van der Waals surface area contributed by atoms with E-state index in [1.54, 1.807) is 24.0 Å². The number of hydrogen-bond donors (Lipinski definition) is 1. The van der Waals surface area contributed by atoms with Crippen molar-refractivity contribution in [1.29, 1.82) is 0 Å². The molecule has 7 heteroatoms. The Morgan fingerprint density at radius 3 is 2.77 bits per heavy atom. The summed E-state index contributed by atoms with van der Waals surface area (Å²) in [5.74, 6) is 0.544. The van der Waals surface area contributed by atoms with E-state index in [9.17, 15) is 4.79 Å². The highest BCUT2D eigenvalue weighted by Crippen LogP contribution is 2.13. The van der Waals surface area contributed by atoms with Gasteiger partial charge in [0, 0.05) is 4.47 Å². The van der Waals surface area contributed by atoms with Crippen LogP contribution in [0.25, 0.3) is 0 Å². The Labute approximate surface area is 135 Å². The molecule has 0 saturated carbocycles. The first kappa shape index (κ1) is 14.5. The van der Waals surface area contributed by atoms with Gasteiger partial charge < -0.3 is 4.42 Å². The van der Waals surface area contributed by atoms with E-state index in [2.05, 4.69) is 31.3 Å². The topological polar surface area (TPSA) is 73.0 Å². The van der Waals surface area contributed by atoms with Crippen LogP contribution < -0.4 is 5.32 Å². The summed E-state index contributed by atoms with van der Waals surface area (Å²) < 4.78 is 7.80. The van der Waals surface area contributed by atoms with E-state index in [1.807, 2.05) is 24.3 Å². The number of aryl methyl sites for hydroxylation is 1. The van der Waals surface area contributed by atoms with Crippen molar-refractivity contribution in [1.82, 2.24) is 14.8 Å². The molecule has 0 radical (unpaired) electrons. The van der Waals surface area contributed by atoms with Gasteiger partial charge in [-0.1, -0.05) is 28.1 Å². The molecule has 2 aromatic heterocycles. The van der Waals surface area contributed by atoms with Crippen LogP contribution in [0.5, 0.6) is 0 Å². The molecule has 112 valence electrons. The maximum Gasteiger partial charge on any atom is 0.261 e. The molecule has 2 heterocycles. The Morgan fingerprint density at radius 1 is 1.32 bits per heavy atom. The van der Waals surface area contributed by atoms with E-state index in [1.165, 1.54) is 6.26 Å². The fraction of sp³-hybridized carbons (Fsp3) is 0.133. The largest absolute Gasteiger partial charge is 0.469 e. The van der Waals surface area contributed by atoms with Crippen molar-refractivity contribution in [2.45, 2.75) is 13.5 Å². The molecule has 1 N–H and O–H groups in total. The highest BCUT2D eigenvalue weighted by atomic mass is 79.9. The maximum absolute atomic E-state index is 12.0. The Balaban J connectivity index is 1.67. The van der Waals surface area contributed by atoms with Crippen LogP contribution >= 0.6 is 15.9 Å². The van der Waals surface area contributed by atoms with Crippen molar-refractivity contribution in [2.24, 2.45) is 0 Å². The van der Waals surface area contributed by atoms with Gasteiger partial charge in [0.25, 0.3) is 5.91 Å². The molecule has 6 nitrogen and oxygen atoms in total. The van der Waals surface area contributed by atoms with E-state index >= 15 is 0 Å². The smallest absolute Gasteiger partial charge is 0.261 e. The normalized spacial score (nSPS) is 10.6. The molecule has 0 spiro atoms. The number of nitrogens with zero attached hydrogens (tertiary/aromatic N) is 3. The van der Waals surface area contributed by atoms with Crippen molar-refractivity contribution < 1.29 is 9.21 Å². The lowest BCUT2D eigenvalue weighted by Gasteiger charge is -2.01. The first-order valence-corrected chi connectivity index (χ1v) is 7.40. The molecule has 1 amide bonds. The quantitative estimate of drug-likeness (QED) is 0.774. The number of carbonyl (C=O) groups excluding carboxylic acids is 1. The third kappa shape index (κ3) is 3.25. The lowest BCUT2D eigenvalue weighted by Crippen LogP contribution is -2.13. The van der Waals surface area contributed by atoms with Gasteiger partial charge in [-0.2, -0.15) is 0 Å². The zero-order valence-electron chi connectivity index (χ0n) is 11.8. The number of hydrogen-bond acceptors (Lipinski definition) is 4. The number of carbonyl (C=O) groups is 1. The summed E-state index contributed by atoms with van der Waals surface area (Å²) in [6, 6.07) is 9.55. The molecular formula is C15H13BrN4O2. The zero-order chi connectivity index (χ0) is 15.5. The fourth-order valence-electron chi connectivity index (χ4n) is 1.99. The van der Waals surface area contributed by atoms with Gasteiger partial charge >= 0.3 is 0 Å². The minimum absolute atomic E-state index is 0.266. The van der Waals surface area contributed by atoms with Crippen LogP contribution in [0.1, 0.15) is 21.7 Å². The van der Waals surface area contributed by atoms with Crippen LogP contribution in [0.2, 0.25) is 0 Å². The van der Waals surface area contributed by atoms with Gasteiger partial charge in [-0.05, 0) is 30.7 Å². The number of furan rings is 1. The van der Waals surface area contributed by atoms with Gasteiger partial charge in [0.15, 0.2) is 0 Å². The third-order valence-electron chi connectivity index (χ3n) is 3.12. The molecule has 0 aliphatic rings. The standard InChI is InChI=1S/C15H13BrN4O2/c1-10-13(6-7-22-10)14(21)18-15-17-9-20(19-15)8-11-2-4-12(16)5-3-11/h2-7,9H,8H2,1H3,(H,18,19,21). The molecular weight excluding hydrogens is 348 g/mol. The molecule has 3 rings (SSSR count). The lowest BCUT2D eigenvalue weighted by atomic mass is 10.2. The lowest BCUT2D eigenvalue weighted by molar-refractivity contribution is 0.102. The van der Waals surface area contributed by atoms with E-state index in [0.717, 1.165) is 10.0 Å². The number of anilines is 1. The molecule has 0 atom stereocenters. The van der Waals surface area contributed by atoms with E-state index < -0.39 is 0 Å². The van der Waals surface area contributed by atoms with E-state index in [4.69, 9.17) is 4.42 Å². The van der Waals surface area contributed by atoms with Crippen molar-refractivity contribution in [3.05, 3.63) is 64.3 Å². The van der Waals surface area contributed by atoms with Crippen molar-refractivity contribution in [2.75, 3.05) is 5.32 Å². The van der Waals surface area contributed by atoms with Gasteiger partial charge in [-0.25, -0.2) is 9.67 Å². The molecule has 0 bridgehead atoms. The van der Waals surface area contributed by atoms with Gasteiger partial charge in [0.05, 0.1) is 18.4 Å². The van der Waals surface area contributed by atoms with Gasteiger partial charge in [-0.3, -0.25) is 10.1 Å². The van der Waals surface area contributed by atoms with Gasteiger partial charge in [0.2, 0.25) is 5.95 Å². The predicted molar refractivity (Wildman–Crippen MR) is 84.7 cm³/mol.